The minimum absolute atomic E-state index is 0.171. The maximum absolute atomic E-state index is 12.4. The second kappa shape index (κ2) is 8.29. The summed E-state index contributed by atoms with van der Waals surface area (Å²) >= 11 is 0. The van der Waals surface area contributed by atoms with E-state index in [-0.39, 0.29) is 5.69 Å². The smallest absolute Gasteiger partial charge is 0.270 e. The maximum atomic E-state index is 12.4. The van der Waals surface area contributed by atoms with Gasteiger partial charge in [-0.3, -0.25) is 9.59 Å². The average Bonchev–Trinajstić information content (AvgIpc) is 2.71. The van der Waals surface area contributed by atoms with Gasteiger partial charge in [-0.25, -0.2) is 4.98 Å². The first-order chi connectivity index (χ1) is 13.1. The van der Waals surface area contributed by atoms with Crippen LogP contribution in [0.3, 0.4) is 0 Å². The molecule has 0 aliphatic heterocycles. The number of nitrogens with zero attached hydrogens (tertiary/aromatic N) is 1. The second-order valence-corrected chi connectivity index (χ2v) is 5.82. The van der Waals surface area contributed by atoms with E-state index >= 15 is 0 Å². The molecular weight excluding hydrogens is 346 g/mol. The minimum Gasteiger partial charge on any atom is -0.497 e. The van der Waals surface area contributed by atoms with Crippen LogP contribution in [0, 0.1) is 0 Å². The molecule has 0 spiro atoms. The van der Waals surface area contributed by atoms with Crippen molar-refractivity contribution in [3.05, 3.63) is 66.4 Å². The SMILES string of the molecule is COc1ccc(NC(=O)C(CO)NC(=O)c2ccc3ccccc3n2)cc1. The Kier molecular flexibility index (Phi) is 5.63. The van der Waals surface area contributed by atoms with Gasteiger partial charge in [0.25, 0.3) is 5.91 Å². The molecule has 0 fully saturated rings. The normalized spacial score (nSPS) is 11.6. The van der Waals surface area contributed by atoms with Gasteiger partial charge in [0, 0.05) is 11.1 Å². The molecule has 2 aromatic carbocycles. The molecule has 3 rings (SSSR count). The number of benzene rings is 2. The van der Waals surface area contributed by atoms with E-state index in [4.69, 9.17) is 4.74 Å². The number of ether oxygens (including phenoxy) is 1. The molecule has 1 unspecified atom stereocenters. The van der Waals surface area contributed by atoms with Crippen LogP contribution in [-0.4, -0.2) is 41.7 Å². The van der Waals surface area contributed by atoms with E-state index < -0.39 is 24.5 Å². The van der Waals surface area contributed by atoms with E-state index in [0.29, 0.717) is 17.0 Å². The quantitative estimate of drug-likeness (QED) is 0.620. The first kappa shape index (κ1) is 18.3. The largest absolute Gasteiger partial charge is 0.497 e. The highest BCUT2D eigenvalue weighted by molar-refractivity contribution is 6.01. The number of hydrogen-bond acceptors (Lipinski definition) is 5. The number of aliphatic hydroxyl groups is 1. The molecule has 1 aromatic heterocycles. The number of nitrogens with one attached hydrogen (secondary N) is 2. The molecule has 3 aromatic rings. The number of aliphatic hydroxyl groups excluding tert-OH is 1. The first-order valence-corrected chi connectivity index (χ1v) is 8.33. The number of anilines is 1. The van der Waals surface area contributed by atoms with Crippen molar-refractivity contribution in [3.63, 3.8) is 0 Å². The molecule has 1 heterocycles. The topological polar surface area (TPSA) is 101 Å². The molecule has 7 nitrogen and oxygen atoms in total. The van der Waals surface area contributed by atoms with Gasteiger partial charge in [0.1, 0.15) is 17.5 Å². The number of para-hydroxylation sites is 1. The number of fused-ring (bicyclic) bond motifs is 1. The highest BCUT2D eigenvalue weighted by Gasteiger charge is 2.21. The van der Waals surface area contributed by atoms with Gasteiger partial charge in [-0.2, -0.15) is 0 Å². The number of aromatic nitrogens is 1. The van der Waals surface area contributed by atoms with Crippen molar-refractivity contribution < 1.29 is 19.4 Å². The van der Waals surface area contributed by atoms with Gasteiger partial charge in [-0.1, -0.05) is 24.3 Å². The van der Waals surface area contributed by atoms with Gasteiger partial charge in [-0.05, 0) is 36.4 Å². The zero-order chi connectivity index (χ0) is 19.2. The number of methoxy groups -OCH3 is 1. The summed E-state index contributed by atoms with van der Waals surface area (Å²) in [6, 6.07) is 16.4. The van der Waals surface area contributed by atoms with Gasteiger partial charge in [0.05, 0.1) is 19.2 Å². The summed E-state index contributed by atoms with van der Waals surface area (Å²) in [5.41, 5.74) is 1.37. The zero-order valence-electron chi connectivity index (χ0n) is 14.7. The number of carbonyl (C=O) groups is 2. The van der Waals surface area contributed by atoms with Crippen molar-refractivity contribution in [2.45, 2.75) is 6.04 Å². The lowest BCUT2D eigenvalue weighted by atomic mass is 10.2. The van der Waals surface area contributed by atoms with Crippen molar-refractivity contribution in [2.75, 3.05) is 19.0 Å². The summed E-state index contributed by atoms with van der Waals surface area (Å²) in [5.74, 6) is -0.413. The summed E-state index contributed by atoms with van der Waals surface area (Å²) in [6.45, 7) is -0.540. The van der Waals surface area contributed by atoms with Crippen molar-refractivity contribution in [3.8, 4) is 5.75 Å². The molecule has 3 N–H and O–H groups in total. The van der Waals surface area contributed by atoms with Crippen LogP contribution in [0.1, 0.15) is 10.5 Å². The zero-order valence-corrected chi connectivity index (χ0v) is 14.7. The van der Waals surface area contributed by atoms with Crippen LogP contribution in [0.5, 0.6) is 5.75 Å². The molecule has 0 saturated heterocycles. The lowest BCUT2D eigenvalue weighted by Crippen LogP contribution is -2.46. The monoisotopic (exact) mass is 365 g/mol. The van der Waals surface area contributed by atoms with E-state index in [2.05, 4.69) is 15.6 Å². The molecule has 138 valence electrons. The standard InChI is InChI=1S/C20H19N3O4/c1-27-15-9-7-14(8-10-15)21-20(26)18(12-24)23-19(25)17-11-6-13-4-2-3-5-16(13)22-17/h2-11,18,24H,12H2,1H3,(H,21,26)(H,23,25). The maximum Gasteiger partial charge on any atom is 0.270 e. The lowest BCUT2D eigenvalue weighted by Gasteiger charge is -2.16. The summed E-state index contributed by atoms with van der Waals surface area (Å²) in [4.78, 5) is 29.0. The van der Waals surface area contributed by atoms with Crippen LogP contribution in [0.25, 0.3) is 10.9 Å². The van der Waals surface area contributed by atoms with Gasteiger partial charge < -0.3 is 20.5 Å². The molecule has 27 heavy (non-hydrogen) atoms. The predicted octanol–water partition coefficient (Wildman–Crippen LogP) is 1.97. The van der Waals surface area contributed by atoms with Crippen LogP contribution >= 0.6 is 0 Å². The minimum atomic E-state index is -1.10. The summed E-state index contributed by atoms with van der Waals surface area (Å²) in [6.07, 6.45) is 0. The van der Waals surface area contributed by atoms with Crippen LogP contribution in [0.4, 0.5) is 5.69 Å². The third kappa shape index (κ3) is 4.39. The molecule has 0 saturated carbocycles. The molecule has 7 heteroatoms. The van der Waals surface area contributed by atoms with E-state index in [1.807, 2.05) is 18.2 Å². The van der Waals surface area contributed by atoms with E-state index in [9.17, 15) is 14.7 Å². The number of pyridine rings is 1. The third-order valence-corrected chi connectivity index (χ3v) is 3.99. The van der Waals surface area contributed by atoms with Crippen molar-refractivity contribution >= 4 is 28.4 Å². The Bertz CT molecular complexity index is 957. The fourth-order valence-corrected chi connectivity index (χ4v) is 2.52. The van der Waals surface area contributed by atoms with Gasteiger partial charge in [0.2, 0.25) is 5.91 Å². The molecule has 0 radical (unpaired) electrons. The molecule has 0 aliphatic rings. The highest BCUT2D eigenvalue weighted by Crippen LogP contribution is 2.15. The fraction of sp³-hybridized carbons (Fsp3) is 0.150. The Hall–Kier alpha value is -3.45. The Morgan fingerprint density at radius 1 is 1.07 bits per heavy atom. The Morgan fingerprint density at radius 2 is 1.81 bits per heavy atom. The second-order valence-electron chi connectivity index (χ2n) is 5.82. The Morgan fingerprint density at radius 3 is 2.52 bits per heavy atom. The summed E-state index contributed by atoms with van der Waals surface area (Å²) < 4.78 is 5.06. The third-order valence-electron chi connectivity index (χ3n) is 3.99. The van der Waals surface area contributed by atoms with Crippen LogP contribution in [-0.2, 0) is 4.79 Å². The summed E-state index contributed by atoms with van der Waals surface area (Å²) in [5, 5.41) is 15.6. The average molecular weight is 365 g/mol. The van der Waals surface area contributed by atoms with Crippen molar-refractivity contribution in [1.29, 1.82) is 0 Å². The van der Waals surface area contributed by atoms with Crippen LogP contribution in [0.2, 0.25) is 0 Å². The molecule has 0 bridgehead atoms. The van der Waals surface area contributed by atoms with Crippen molar-refractivity contribution in [1.82, 2.24) is 10.3 Å². The Labute approximate surface area is 156 Å². The number of hydrogen-bond donors (Lipinski definition) is 3. The number of amides is 2. The van der Waals surface area contributed by atoms with Gasteiger partial charge in [-0.15, -0.1) is 0 Å². The van der Waals surface area contributed by atoms with Crippen LogP contribution < -0.4 is 15.4 Å². The number of carbonyl (C=O) groups excluding carboxylic acids is 2. The first-order valence-electron chi connectivity index (χ1n) is 8.33. The van der Waals surface area contributed by atoms with Gasteiger partial charge >= 0.3 is 0 Å². The predicted molar refractivity (Wildman–Crippen MR) is 102 cm³/mol. The highest BCUT2D eigenvalue weighted by atomic mass is 16.5. The van der Waals surface area contributed by atoms with Gasteiger partial charge in [0.15, 0.2) is 0 Å². The Balaban J connectivity index is 1.68. The lowest BCUT2D eigenvalue weighted by molar-refractivity contribution is -0.118. The molecular formula is C20H19N3O4. The molecule has 2 amide bonds. The van der Waals surface area contributed by atoms with E-state index in [0.717, 1.165) is 5.39 Å². The van der Waals surface area contributed by atoms with Crippen molar-refractivity contribution in [2.24, 2.45) is 0 Å². The fourth-order valence-electron chi connectivity index (χ4n) is 2.52. The van der Waals surface area contributed by atoms with E-state index in [1.165, 1.54) is 0 Å². The molecule has 0 aliphatic carbocycles. The van der Waals surface area contributed by atoms with E-state index in [1.54, 1.807) is 49.6 Å². The van der Waals surface area contributed by atoms with Crippen LogP contribution in [0.15, 0.2) is 60.7 Å². The summed E-state index contributed by atoms with van der Waals surface area (Å²) in [7, 11) is 1.55. The number of rotatable bonds is 6. The molecule has 1 atom stereocenters.